The molecule has 0 saturated heterocycles. The van der Waals surface area contributed by atoms with E-state index in [0.29, 0.717) is 12.1 Å². The third-order valence-electron chi connectivity index (χ3n) is 2.58. The van der Waals surface area contributed by atoms with Gasteiger partial charge in [0, 0.05) is 5.57 Å². The fraction of sp³-hybridized carbons (Fsp3) is 0.231. The van der Waals surface area contributed by atoms with Crippen LogP contribution in [0.15, 0.2) is 36.5 Å². The second-order valence-electron chi connectivity index (χ2n) is 3.79. The molecule has 1 heterocycles. The highest BCUT2D eigenvalue weighted by molar-refractivity contribution is 5.81. The van der Waals surface area contributed by atoms with Crippen molar-refractivity contribution in [2.45, 2.75) is 19.4 Å². The van der Waals surface area contributed by atoms with Gasteiger partial charge in [-0.15, -0.1) is 0 Å². The molecule has 0 aliphatic rings. The Morgan fingerprint density at radius 1 is 1.41 bits per heavy atom. The van der Waals surface area contributed by atoms with Gasteiger partial charge in [0.1, 0.15) is 5.69 Å². The Balaban J connectivity index is 2.38. The Labute approximate surface area is 100 Å². The topological polar surface area (TPSA) is 61.8 Å². The number of hydrogen-bond acceptors (Lipinski definition) is 3. The molecule has 88 valence electrons. The second kappa shape index (κ2) is 5.41. The zero-order valence-corrected chi connectivity index (χ0v) is 9.67. The molecule has 0 aliphatic heterocycles. The standard InChI is InChI=1S/C13H15N3O/c1-2-13(17)11(12-9-14-16-15-12)8-10-6-4-3-5-7-10/h3-9,13,17H,2H2,1H3,(H,14,15,16)/b11-8+. The number of H-pyrrole nitrogens is 1. The molecule has 0 amide bonds. The fourth-order valence-electron chi connectivity index (χ4n) is 1.63. The van der Waals surface area contributed by atoms with Gasteiger partial charge in [-0.2, -0.15) is 15.4 Å². The molecule has 2 N–H and O–H groups in total. The fourth-order valence-corrected chi connectivity index (χ4v) is 1.63. The van der Waals surface area contributed by atoms with Crippen LogP contribution in [0.3, 0.4) is 0 Å². The molecule has 2 aromatic rings. The van der Waals surface area contributed by atoms with Gasteiger partial charge in [-0.25, -0.2) is 0 Å². The smallest absolute Gasteiger partial charge is 0.111 e. The maximum atomic E-state index is 10.0. The maximum absolute atomic E-state index is 10.0. The van der Waals surface area contributed by atoms with E-state index >= 15 is 0 Å². The molecule has 1 aromatic carbocycles. The van der Waals surface area contributed by atoms with Crippen LogP contribution < -0.4 is 0 Å². The van der Waals surface area contributed by atoms with E-state index in [9.17, 15) is 5.11 Å². The van der Waals surface area contributed by atoms with Gasteiger partial charge in [0.05, 0.1) is 12.3 Å². The van der Waals surface area contributed by atoms with Crippen LogP contribution >= 0.6 is 0 Å². The lowest BCUT2D eigenvalue weighted by Gasteiger charge is -2.10. The van der Waals surface area contributed by atoms with Gasteiger partial charge in [0.2, 0.25) is 0 Å². The van der Waals surface area contributed by atoms with E-state index in [4.69, 9.17) is 0 Å². The minimum absolute atomic E-state index is 0.527. The SMILES string of the molecule is CCC(O)/C(=C/c1ccccc1)c1cn[nH]n1. The summed E-state index contributed by atoms with van der Waals surface area (Å²) >= 11 is 0. The average Bonchev–Trinajstić information content (AvgIpc) is 2.90. The van der Waals surface area contributed by atoms with E-state index in [-0.39, 0.29) is 0 Å². The van der Waals surface area contributed by atoms with E-state index in [1.54, 1.807) is 6.20 Å². The number of rotatable bonds is 4. The van der Waals surface area contributed by atoms with Crippen molar-refractivity contribution in [3.05, 3.63) is 47.8 Å². The molecule has 17 heavy (non-hydrogen) atoms. The number of aromatic amines is 1. The normalized spacial score (nSPS) is 13.6. The van der Waals surface area contributed by atoms with Crippen molar-refractivity contribution in [1.29, 1.82) is 0 Å². The zero-order valence-electron chi connectivity index (χ0n) is 9.67. The molecule has 4 nitrogen and oxygen atoms in total. The van der Waals surface area contributed by atoms with Crippen LogP contribution in [0.2, 0.25) is 0 Å². The third kappa shape index (κ3) is 2.79. The first kappa shape index (κ1) is 11.5. The Bertz CT molecular complexity index is 477. The number of nitrogens with one attached hydrogen (secondary N) is 1. The van der Waals surface area contributed by atoms with Crippen LogP contribution in [-0.2, 0) is 0 Å². The second-order valence-corrected chi connectivity index (χ2v) is 3.79. The van der Waals surface area contributed by atoms with Crippen LogP contribution in [0, 0.1) is 0 Å². The lowest BCUT2D eigenvalue weighted by atomic mass is 10.0. The van der Waals surface area contributed by atoms with Crippen molar-refractivity contribution in [1.82, 2.24) is 15.4 Å². The van der Waals surface area contributed by atoms with E-state index in [2.05, 4.69) is 15.4 Å². The highest BCUT2D eigenvalue weighted by Crippen LogP contribution is 2.21. The summed E-state index contributed by atoms with van der Waals surface area (Å²) in [5.74, 6) is 0. The van der Waals surface area contributed by atoms with Crippen molar-refractivity contribution in [2.24, 2.45) is 0 Å². The zero-order chi connectivity index (χ0) is 12.1. The number of hydrogen-bond donors (Lipinski definition) is 2. The van der Waals surface area contributed by atoms with Crippen molar-refractivity contribution in [3.63, 3.8) is 0 Å². The number of aliphatic hydroxyl groups excluding tert-OH is 1. The monoisotopic (exact) mass is 229 g/mol. The van der Waals surface area contributed by atoms with Gasteiger partial charge in [0.25, 0.3) is 0 Å². The van der Waals surface area contributed by atoms with Crippen molar-refractivity contribution >= 4 is 11.6 Å². The van der Waals surface area contributed by atoms with Crippen molar-refractivity contribution < 1.29 is 5.11 Å². The molecule has 2 rings (SSSR count). The van der Waals surface area contributed by atoms with E-state index in [0.717, 1.165) is 11.1 Å². The molecule has 0 radical (unpaired) electrons. The molecule has 0 fully saturated rings. The van der Waals surface area contributed by atoms with Crippen LogP contribution in [0.5, 0.6) is 0 Å². The lowest BCUT2D eigenvalue weighted by Crippen LogP contribution is -2.08. The summed E-state index contributed by atoms with van der Waals surface area (Å²) in [5.41, 5.74) is 2.51. The molecule has 1 atom stereocenters. The van der Waals surface area contributed by atoms with Gasteiger partial charge >= 0.3 is 0 Å². The Kier molecular flexibility index (Phi) is 3.67. The Morgan fingerprint density at radius 2 is 2.18 bits per heavy atom. The summed E-state index contributed by atoms with van der Waals surface area (Å²) < 4.78 is 0. The summed E-state index contributed by atoms with van der Waals surface area (Å²) in [6.07, 6.45) is 3.67. The van der Waals surface area contributed by atoms with Crippen molar-refractivity contribution in [2.75, 3.05) is 0 Å². The average molecular weight is 229 g/mol. The molecule has 0 saturated carbocycles. The van der Waals surface area contributed by atoms with Gasteiger partial charge in [0.15, 0.2) is 0 Å². The minimum atomic E-state index is -0.527. The molecule has 1 unspecified atom stereocenters. The lowest BCUT2D eigenvalue weighted by molar-refractivity contribution is 0.228. The third-order valence-corrected chi connectivity index (χ3v) is 2.58. The first-order chi connectivity index (χ1) is 8.31. The number of benzene rings is 1. The van der Waals surface area contributed by atoms with Crippen LogP contribution in [-0.4, -0.2) is 26.6 Å². The van der Waals surface area contributed by atoms with Crippen LogP contribution in [0.25, 0.3) is 11.6 Å². The van der Waals surface area contributed by atoms with E-state index in [1.807, 2.05) is 43.3 Å². The van der Waals surface area contributed by atoms with E-state index in [1.165, 1.54) is 0 Å². The first-order valence-electron chi connectivity index (χ1n) is 5.62. The number of aliphatic hydroxyl groups is 1. The molecule has 1 aromatic heterocycles. The van der Waals surface area contributed by atoms with Gasteiger partial charge in [-0.1, -0.05) is 37.3 Å². The number of nitrogens with zero attached hydrogens (tertiary/aromatic N) is 2. The highest BCUT2D eigenvalue weighted by atomic mass is 16.3. The molecular weight excluding hydrogens is 214 g/mol. The molecule has 4 heteroatoms. The predicted molar refractivity (Wildman–Crippen MR) is 67.0 cm³/mol. The largest absolute Gasteiger partial charge is 0.388 e. The summed E-state index contributed by atoms with van der Waals surface area (Å²) in [5, 5.41) is 20.4. The quantitative estimate of drug-likeness (QED) is 0.844. The maximum Gasteiger partial charge on any atom is 0.111 e. The molecule has 0 aliphatic carbocycles. The van der Waals surface area contributed by atoms with E-state index < -0.39 is 6.10 Å². The highest BCUT2D eigenvalue weighted by Gasteiger charge is 2.13. The van der Waals surface area contributed by atoms with Gasteiger partial charge in [-0.05, 0) is 18.1 Å². The first-order valence-corrected chi connectivity index (χ1v) is 5.62. The summed E-state index contributed by atoms with van der Waals surface area (Å²) in [6.45, 7) is 1.93. The number of aromatic nitrogens is 3. The van der Waals surface area contributed by atoms with Gasteiger partial charge in [-0.3, -0.25) is 0 Å². The van der Waals surface area contributed by atoms with Crippen molar-refractivity contribution in [3.8, 4) is 0 Å². The predicted octanol–water partition coefficient (Wildman–Crippen LogP) is 2.12. The Hall–Kier alpha value is -1.94. The van der Waals surface area contributed by atoms with Crippen LogP contribution in [0.4, 0.5) is 0 Å². The summed E-state index contributed by atoms with van der Waals surface area (Å²) in [7, 11) is 0. The summed E-state index contributed by atoms with van der Waals surface area (Å²) in [6, 6.07) is 9.86. The summed E-state index contributed by atoms with van der Waals surface area (Å²) in [4.78, 5) is 0. The Morgan fingerprint density at radius 3 is 2.76 bits per heavy atom. The van der Waals surface area contributed by atoms with Gasteiger partial charge < -0.3 is 5.11 Å². The minimum Gasteiger partial charge on any atom is -0.388 e. The molecule has 0 spiro atoms. The van der Waals surface area contributed by atoms with Crippen LogP contribution in [0.1, 0.15) is 24.6 Å². The molecular formula is C13H15N3O. The molecule has 0 bridgehead atoms.